The number of piperidine rings is 1. The molecule has 0 spiro atoms. The number of hydrogen-bond acceptors (Lipinski definition) is 3. The van der Waals surface area contributed by atoms with Gasteiger partial charge in [-0.05, 0) is 97.0 Å². The molecule has 37 heavy (non-hydrogen) atoms. The van der Waals surface area contributed by atoms with Crippen molar-refractivity contribution in [2.45, 2.75) is 83.7 Å². The number of rotatable bonds is 5. The molecule has 1 aromatic heterocycles. The van der Waals surface area contributed by atoms with Crippen LogP contribution in [0.2, 0.25) is 0 Å². The molecule has 1 saturated heterocycles. The first-order valence-electron chi connectivity index (χ1n) is 14.4. The maximum atomic E-state index is 13.9. The number of hydrogen-bond donors (Lipinski definition) is 1. The Labute approximate surface area is 226 Å². The zero-order chi connectivity index (χ0) is 25.8. The van der Waals surface area contributed by atoms with Crippen LogP contribution in [-0.2, 0) is 16.0 Å². The van der Waals surface area contributed by atoms with Gasteiger partial charge < -0.3 is 10.2 Å². The van der Waals surface area contributed by atoms with Gasteiger partial charge in [-0.2, -0.15) is 0 Å². The standard InChI is InChI=1S/C32H42N2O2S/c1-31-16-7-11-24(31)22-13-14-28-32(2,25(22)15-17-31)20-23(30(36)34(28)3)29(35)33-26(27-12-8-18-37-27)19-21-9-5-4-6-10-21/h4-6,8-10,12,18,22-26,28H,7,11,13-17,19-20H2,1-3H3,(H,33,35)/t22-,23?,24-,25+,26?,28?,31-,32+/m0/s1. The monoisotopic (exact) mass is 518 g/mol. The van der Waals surface area contributed by atoms with E-state index >= 15 is 0 Å². The van der Waals surface area contributed by atoms with E-state index in [2.05, 4.69) is 42.7 Å². The molecule has 1 N–H and O–H groups in total. The summed E-state index contributed by atoms with van der Waals surface area (Å²) < 4.78 is 0. The smallest absolute Gasteiger partial charge is 0.235 e. The van der Waals surface area contributed by atoms with Gasteiger partial charge in [0.05, 0.1) is 6.04 Å². The van der Waals surface area contributed by atoms with Crippen molar-refractivity contribution in [3.05, 3.63) is 58.3 Å². The molecule has 0 radical (unpaired) electrons. The minimum Gasteiger partial charge on any atom is -0.347 e. The molecule has 2 amide bonds. The molecule has 4 aliphatic rings. The third kappa shape index (κ3) is 4.26. The van der Waals surface area contributed by atoms with Crippen LogP contribution in [0.5, 0.6) is 0 Å². The van der Waals surface area contributed by atoms with Crippen molar-refractivity contribution in [1.29, 1.82) is 0 Å². The number of carbonyl (C=O) groups excluding carboxylic acids is 2. The minimum atomic E-state index is -0.597. The summed E-state index contributed by atoms with van der Waals surface area (Å²) in [5.41, 5.74) is 1.72. The molecule has 8 atom stereocenters. The maximum absolute atomic E-state index is 13.9. The van der Waals surface area contributed by atoms with Crippen LogP contribution in [0.1, 0.15) is 81.7 Å². The van der Waals surface area contributed by atoms with Crippen molar-refractivity contribution in [2.75, 3.05) is 7.05 Å². The van der Waals surface area contributed by atoms with Crippen molar-refractivity contribution < 1.29 is 9.59 Å². The first kappa shape index (κ1) is 25.2. The Hall–Kier alpha value is -2.14. The lowest BCUT2D eigenvalue weighted by Crippen LogP contribution is -2.64. The SMILES string of the molecule is CN1C(=O)C(C(=O)NC(Cc2ccccc2)c2cccs2)C[C@@]2(C)C1CC[C@@H]1[C@H]2CC[C@]2(C)CCC[C@@H]12. The van der Waals surface area contributed by atoms with E-state index in [9.17, 15) is 9.59 Å². The van der Waals surface area contributed by atoms with Crippen LogP contribution >= 0.6 is 11.3 Å². The van der Waals surface area contributed by atoms with Gasteiger partial charge in [0.15, 0.2) is 0 Å². The molecular weight excluding hydrogens is 476 g/mol. The zero-order valence-electron chi connectivity index (χ0n) is 22.6. The molecule has 1 aliphatic heterocycles. The molecule has 4 nitrogen and oxygen atoms in total. The van der Waals surface area contributed by atoms with Gasteiger partial charge in [-0.25, -0.2) is 0 Å². The molecule has 4 fully saturated rings. The van der Waals surface area contributed by atoms with Crippen LogP contribution in [-0.4, -0.2) is 29.8 Å². The van der Waals surface area contributed by atoms with Gasteiger partial charge >= 0.3 is 0 Å². The largest absolute Gasteiger partial charge is 0.347 e. The second-order valence-electron chi connectivity index (χ2n) is 13.0. The Bertz CT molecular complexity index is 1130. The Balaban J connectivity index is 1.25. The van der Waals surface area contributed by atoms with E-state index in [1.807, 2.05) is 36.2 Å². The lowest BCUT2D eigenvalue weighted by atomic mass is 9.47. The van der Waals surface area contributed by atoms with E-state index in [1.54, 1.807) is 11.3 Å². The second-order valence-corrected chi connectivity index (χ2v) is 14.0. The third-order valence-corrected chi connectivity index (χ3v) is 12.1. The van der Waals surface area contributed by atoms with E-state index in [1.165, 1.54) is 44.1 Å². The summed E-state index contributed by atoms with van der Waals surface area (Å²) in [4.78, 5) is 30.7. The van der Waals surface area contributed by atoms with Crippen molar-refractivity contribution in [1.82, 2.24) is 10.2 Å². The van der Waals surface area contributed by atoms with Crippen LogP contribution in [0.3, 0.4) is 0 Å². The van der Waals surface area contributed by atoms with E-state index < -0.39 is 5.92 Å². The van der Waals surface area contributed by atoms with Gasteiger partial charge in [0.25, 0.3) is 0 Å². The van der Waals surface area contributed by atoms with Gasteiger partial charge in [0, 0.05) is 18.0 Å². The molecular formula is C32H42N2O2S. The van der Waals surface area contributed by atoms with Gasteiger partial charge in [-0.1, -0.05) is 56.7 Å². The number of fused-ring (bicyclic) bond motifs is 5. The van der Waals surface area contributed by atoms with Crippen LogP contribution in [0.25, 0.3) is 0 Å². The molecule has 3 unspecified atom stereocenters. The van der Waals surface area contributed by atoms with E-state index in [4.69, 9.17) is 0 Å². The molecule has 2 aromatic rings. The summed E-state index contributed by atoms with van der Waals surface area (Å²) in [6.07, 6.45) is 10.5. The summed E-state index contributed by atoms with van der Waals surface area (Å²) in [6.45, 7) is 4.97. The normalized spacial score (nSPS) is 37.9. The Kier molecular flexibility index (Phi) is 6.50. The Morgan fingerprint density at radius 2 is 1.86 bits per heavy atom. The predicted octanol–water partition coefficient (Wildman–Crippen LogP) is 6.63. The Morgan fingerprint density at radius 3 is 2.62 bits per heavy atom. The molecule has 5 heteroatoms. The van der Waals surface area contributed by atoms with E-state index in [-0.39, 0.29) is 29.3 Å². The Morgan fingerprint density at radius 1 is 1.05 bits per heavy atom. The predicted molar refractivity (Wildman–Crippen MR) is 149 cm³/mol. The fourth-order valence-electron chi connectivity index (χ4n) is 9.32. The zero-order valence-corrected chi connectivity index (χ0v) is 23.4. The second kappa shape index (κ2) is 9.55. The van der Waals surface area contributed by atoms with Gasteiger partial charge in [-0.3, -0.25) is 9.59 Å². The number of carbonyl (C=O) groups is 2. The highest BCUT2D eigenvalue weighted by Gasteiger charge is 2.61. The van der Waals surface area contributed by atoms with Crippen molar-refractivity contribution in [3.8, 4) is 0 Å². The highest BCUT2D eigenvalue weighted by molar-refractivity contribution is 7.10. The van der Waals surface area contributed by atoms with E-state index in [0.717, 1.165) is 29.6 Å². The maximum Gasteiger partial charge on any atom is 0.235 e. The van der Waals surface area contributed by atoms with Crippen LogP contribution in [0, 0.1) is 34.5 Å². The number of benzene rings is 1. The summed E-state index contributed by atoms with van der Waals surface area (Å²) in [6, 6.07) is 14.6. The van der Waals surface area contributed by atoms with Crippen molar-refractivity contribution >= 4 is 23.2 Å². The molecule has 3 saturated carbocycles. The van der Waals surface area contributed by atoms with Gasteiger partial charge in [0.1, 0.15) is 5.92 Å². The van der Waals surface area contributed by atoms with Crippen LogP contribution in [0.4, 0.5) is 0 Å². The quantitative estimate of drug-likeness (QED) is 0.452. The van der Waals surface area contributed by atoms with Crippen LogP contribution in [0.15, 0.2) is 47.8 Å². The van der Waals surface area contributed by atoms with Crippen molar-refractivity contribution in [3.63, 3.8) is 0 Å². The number of amides is 2. The third-order valence-electron chi connectivity index (χ3n) is 11.2. The fourth-order valence-corrected chi connectivity index (χ4v) is 10.1. The highest BCUT2D eigenvalue weighted by Crippen LogP contribution is 2.65. The lowest BCUT2D eigenvalue weighted by molar-refractivity contribution is -0.169. The number of thiophene rings is 1. The fraction of sp³-hybridized carbons (Fsp3) is 0.625. The summed E-state index contributed by atoms with van der Waals surface area (Å²) in [5, 5.41) is 5.40. The number of nitrogens with one attached hydrogen (secondary N) is 1. The number of nitrogens with zero attached hydrogens (tertiary/aromatic N) is 1. The molecule has 198 valence electrons. The first-order valence-corrected chi connectivity index (χ1v) is 15.3. The summed E-state index contributed by atoms with van der Waals surface area (Å²) in [5.74, 6) is 1.53. The lowest BCUT2D eigenvalue weighted by Gasteiger charge is -2.62. The van der Waals surface area contributed by atoms with Crippen LogP contribution < -0.4 is 5.32 Å². The minimum absolute atomic E-state index is 0.00929. The molecule has 0 bridgehead atoms. The summed E-state index contributed by atoms with van der Waals surface area (Å²) >= 11 is 1.67. The molecule has 1 aromatic carbocycles. The highest BCUT2D eigenvalue weighted by atomic mass is 32.1. The molecule has 3 aliphatic carbocycles. The molecule has 2 heterocycles. The topological polar surface area (TPSA) is 49.4 Å². The summed E-state index contributed by atoms with van der Waals surface area (Å²) in [7, 11) is 1.97. The first-order chi connectivity index (χ1) is 17.8. The van der Waals surface area contributed by atoms with E-state index in [0.29, 0.717) is 17.8 Å². The number of likely N-dealkylation sites (tertiary alicyclic amines) is 1. The average Bonchev–Trinajstić information content (AvgIpc) is 3.56. The molecule has 6 rings (SSSR count). The van der Waals surface area contributed by atoms with Crippen molar-refractivity contribution in [2.24, 2.45) is 34.5 Å². The van der Waals surface area contributed by atoms with Gasteiger partial charge in [-0.15, -0.1) is 11.3 Å². The average molecular weight is 519 g/mol. The van der Waals surface area contributed by atoms with Gasteiger partial charge in [0.2, 0.25) is 11.8 Å².